The Bertz CT molecular complexity index is 668. The molecule has 1 aromatic carbocycles. The van der Waals surface area contributed by atoms with Crippen LogP contribution in [-0.2, 0) is 0 Å². The Kier molecular flexibility index (Phi) is 4.27. The molecule has 1 aromatic heterocycles. The van der Waals surface area contributed by atoms with Crippen LogP contribution in [0.5, 0.6) is 0 Å². The number of amides is 1. The number of carbonyl (C=O) groups is 1. The van der Waals surface area contributed by atoms with E-state index in [1.165, 1.54) is 23.5 Å². The number of carbonyl (C=O) groups excluding carboxylic acids is 1. The minimum absolute atomic E-state index is 0.0674. The van der Waals surface area contributed by atoms with E-state index < -0.39 is 0 Å². The molecule has 1 aliphatic rings. The van der Waals surface area contributed by atoms with Gasteiger partial charge in [-0.25, -0.2) is 4.39 Å². The molecule has 3 nitrogen and oxygen atoms in total. The highest BCUT2D eigenvalue weighted by Crippen LogP contribution is 2.30. The van der Waals surface area contributed by atoms with Crippen molar-refractivity contribution in [2.45, 2.75) is 31.8 Å². The fraction of sp³-hybridized carbons (Fsp3) is 0.353. The molecule has 2 heterocycles. The van der Waals surface area contributed by atoms with Crippen molar-refractivity contribution in [1.29, 1.82) is 0 Å². The van der Waals surface area contributed by atoms with Gasteiger partial charge in [-0.3, -0.25) is 4.79 Å². The van der Waals surface area contributed by atoms with E-state index in [4.69, 9.17) is 5.73 Å². The van der Waals surface area contributed by atoms with Gasteiger partial charge < -0.3 is 10.6 Å². The smallest absolute Gasteiger partial charge is 0.264 e. The normalized spacial score (nSPS) is 21.9. The van der Waals surface area contributed by atoms with Crippen LogP contribution in [-0.4, -0.2) is 29.4 Å². The fourth-order valence-electron chi connectivity index (χ4n) is 2.87. The van der Waals surface area contributed by atoms with Gasteiger partial charge in [0.15, 0.2) is 0 Å². The molecule has 0 spiro atoms. The number of likely N-dealkylation sites (tertiary alicyclic amines) is 1. The molecule has 0 bridgehead atoms. The van der Waals surface area contributed by atoms with Crippen molar-refractivity contribution in [3.63, 3.8) is 0 Å². The number of thiophene rings is 1. The fourth-order valence-corrected chi connectivity index (χ4v) is 3.84. The maximum Gasteiger partial charge on any atom is 0.264 e. The van der Waals surface area contributed by atoms with Crippen molar-refractivity contribution in [1.82, 2.24) is 4.90 Å². The summed E-state index contributed by atoms with van der Waals surface area (Å²) in [6.45, 7) is 2.76. The second-order valence-electron chi connectivity index (χ2n) is 5.80. The molecule has 116 valence electrons. The van der Waals surface area contributed by atoms with Gasteiger partial charge in [-0.15, -0.1) is 11.3 Å². The molecular weight excluding hydrogens is 299 g/mol. The number of nitrogens with two attached hydrogens (primary N) is 1. The lowest BCUT2D eigenvalue weighted by molar-refractivity contribution is 0.0624. The topological polar surface area (TPSA) is 46.3 Å². The first kappa shape index (κ1) is 15.2. The standard InChI is InChI=1S/C17H19FN2OS/c1-11-10-14(19)8-9-20(11)17(21)16-7-6-15(22-16)12-2-4-13(18)5-3-12/h2-7,11,14H,8-10,19H2,1H3. The Morgan fingerprint density at radius 3 is 2.68 bits per heavy atom. The maximum atomic E-state index is 13.0. The molecule has 2 aromatic rings. The zero-order chi connectivity index (χ0) is 15.7. The first-order valence-electron chi connectivity index (χ1n) is 7.47. The molecule has 0 radical (unpaired) electrons. The second-order valence-corrected chi connectivity index (χ2v) is 6.89. The summed E-state index contributed by atoms with van der Waals surface area (Å²) in [5.74, 6) is -0.187. The van der Waals surface area contributed by atoms with Gasteiger partial charge in [-0.2, -0.15) is 0 Å². The highest BCUT2D eigenvalue weighted by molar-refractivity contribution is 7.17. The van der Waals surface area contributed by atoms with Gasteiger partial charge in [0, 0.05) is 23.5 Å². The molecule has 0 aliphatic carbocycles. The summed E-state index contributed by atoms with van der Waals surface area (Å²) in [5.41, 5.74) is 6.88. The van der Waals surface area contributed by atoms with Crippen LogP contribution >= 0.6 is 11.3 Å². The molecule has 1 aliphatic heterocycles. The van der Waals surface area contributed by atoms with E-state index in [1.807, 2.05) is 24.0 Å². The first-order chi connectivity index (χ1) is 10.5. The highest BCUT2D eigenvalue weighted by atomic mass is 32.1. The van der Waals surface area contributed by atoms with Crippen molar-refractivity contribution < 1.29 is 9.18 Å². The van der Waals surface area contributed by atoms with Crippen molar-refractivity contribution in [3.8, 4) is 10.4 Å². The number of piperidine rings is 1. The molecular formula is C17H19FN2OS. The number of rotatable bonds is 2. The predicted molar refractivity (Wildman–Crippen MR) is 87.4 cm³/mol. The van der Waals surface area contributed by atoms with E-state index in [2.05, 4.69) is 0 Å². The average molecular weight is 318 g/mol. The van der Waals surface area contributed by atoms with Crippen LogP contribution < -0.4 is 5.73 Å². The molecule has 3 rings (SSSR count). The molecule has 5 heteroatoms. The molecule has 1 saturated heterocycles. The van der Waals surface area contributed by atoms with Gasteiger partial charge in [-0.1, -0.05) is 12.1 Å². The molecule has 1 amide bonds. The van der Waals surface area contributed by atoms with Crippen LogP contribution in [0.4, 0.5) is 4.39 Å². The monoisotopic (exact) mass is 318 g/mol. The zero-order valence-electron chi connectivity index (χ0n) is 12.5. The summed E-state index contributed by atoms with van der Waals surface area (Å²) < 4.78 is 13.0. The van der Waals surface area contributed by atoms with Gasteiger partial charge in [-0.05, 0) is 49.6 Å². The summed E-state index contributed by atoms with van der Waals surface area (Å²) >= 11 is 1.45. The van der Waals surface area contributed by atoms with E-state index in [0.29, 0.717) is 6.54 Å². The third-order valence-electron chi connectivity index (χ3n) is 4.12. The Labute approximate surface area is 133 Å². The first-order valence-corrected chi connectivity index (χ1v) is 8.28. The van der Waals surface area contributed by atoms with Gasteiger partial charge >= 0.3 is 0 Å². The van der Waals surface area contributed by atoms with Crippen LogP contribution in [0.3, 0.4) is 0 Å². The van der Waals surface area contributed by atoms with Gasteiger partial charge in [0.1, 0.15) is 5.82 Å². The van der Waals surface area contributed by atoms with Gasteiger partial charge in [0.05, 0.1) is 4.88 Å². The minimum atomic E-state index is -0.255. The third kappa shape index (κ3) is 3.05. The van der Waals surface area contributed by atoms with E-state index in [1.54, 1.807) is 12.1 Å². The van der Waals surface area contributed by atoms with Crippen molar-refractivity contribution in [2.24, 2.45) is 5.73 Å². The number of hydrogen-bond donors (Lipinski definition) is 1. The van der Waals surface area contributed by atoms with Crippen LogP contribution in [0.15, 0.2) is 36.4 Å². The van der Waals surface area contributed by atoms with Crippen LogP contribution in [0.2, 0.25) is 0 Å². The average Bonchev–Trinajstić information content (AvgIpc) is 2.97. The van der Waals surface area contributed by atoms with E-state index in [-0.39, 0.29) is 23.8 Å². The highest BCUT2D eigenvalue weighted by Gasteiger charge is 2.28. The molecule has 0 saturated carbocycles. The number of nitrogens with zero attached hydrogens (tertiary/aromatic N) is 1. The summed E-state index contributed by atoms with van der Waals surface area (Å²) in [5, 5.41) is 0. The quantitative estimate of drug-likeness (QED) is 0.921. The van der Waals surface area contributed by atoms with Crippen LogP contribution in [0.1, 0.15) is 29.4 Å². The van der Waals surface area contributed by atoms with Crippen LogP contribution in [0.25, 0.3) is 10.4 Å². The Balaban J connectivity index is 1.78. The molecule has 1 fully saturated rings. The Hall–Kier alpha value is -1.72. The number of benzene rings is 1. The maximum absolute atomic E-state index is 13.0. The van der Waals surface area contributed by atoms with Gasteiger partial charge in [0.25, 0.3) is 5.91 Å². The van der Waals surface area contributed by atoms with Gasteiger partial charge in [0.2, 0.25) is 0 Å². The van der Waals surface area contributed by atoms with Crippen molar-refractivity contribution in [2.75, 3.05) is 6.54 Å². The van der Waals surface area contributed by atoms with Crippen LogP contribution in [0, 0.1) is 5.82 Å². The number of halogens is 1. The number of hydrogen-bond acceptors (Lipinski definition) is 3. The SMILES string of the molecule is CC1CC(N)CCN1C(=O)c1ccc(-c2ccc(F)cc2)s1. The lowest BCUT2D eigenvalue weighted by atomic mass is 9.99. The molecule has 2 unspecified atom stereocenters. The Morgan fingerprint density at radius 1 is 1.27 bits per heavy atom. The summed E-state index contributed by atoms with van der Waals surface area (Å²) in [4.78, 5) is 16.3. The minimum Gasteiger partial charge on any atom is -0.335 e. The second kappa shape index (κ2) is 6.18. The lowest BCUT2D eigenvalue weighted by Gasteiger charge is -2.36. The van der Waals surface area contributed by atoms with E-state index >= 15 is 0 Å². The predicted octanol–water partition coefficient (Wildman–Crippen LogP) is 3.51. The van der Waals surface area contributed by atoms with Crippen molar-refractivity contribution >= 4 is 17.2 Å². The van der Waals surface area contributed by atoms with E-state index in [0.717, 1.165) is 28.2 Å². The summed E-state index contributed by atoms with van der Waals surface area (Å²) in [7, 11) is 0. The zero-order valence-corrected chi connectivity index (χ0v) is 13.3. The molecule has 22 heavy (non-hydrogen) atoms. The van der Waals surface area contributed by atoms with Crippen molar-refractivity contribution in [3.05, 3.63) is 47.1 Å². The lowest BCUT2D eigenvalue weighted by Crippen LogP contribution is -2.48. The summed E-state index contributed by atoms with van der Waals surface area (Å²) in [6.07, 6.45) is 1.70. The van der Waals surface area contributed by atoms with E-state index in [9.17, 15) is 9.18 Å². The largest absolute Gasteiger partial charge is 0.335 e. The summed E-state index contributed by atoms with van der Waals surface area (Å²) in [6, 6.07) is 10.5. The Morgan fingerprint density at radius 2 is 2.00 bits per heavy atom. The molecule has 2 N–H and O–H groups in total. The third-order valence-corrected chi connectivity index (χ3v) is 5.25. The molecule has 2 atom stereocenters.